The number of benzene rings is 3. The molecule has 0 fully saturated rings. The molecule has 1 amide bonds. The topological polar surface area (TPSA) is 66.5 Å². The second kappa shape index (κ2) is 9.62. The van der Waals surface area contributed by atoms with E-state index in [9.17, 15) is 26.4 Å². The van der Waals surface area contributed by atoms with Gasteiger partial charge < -0.3 is 5.32 Å². The fourth-order valence-electron chi connectivity index (χ4n) is 2.88. The number of sulfonamides is 1. The van der Waals surface area contributed by atoms with Crippen LogP contribution in [0, 0.1) is 6.92 Å². The van der Waals surface area contributed by atoms with Gasteiger partial charge >= 0.3 is 6.18 Å². The number of hydrogen-bond donors (Lipinski definition) is 1. The maximum absolute atomic E-state index is 13.3. The van der Waals surface area contributed by atoms with Gasteiger partial charge in [-0.15, -0.1) is 0 Å². The van der Waals surface area contributed by atoms with Crippen molar-refractivity contribution >= 4 is 50.5 Å². The van der Waals surface area contributed by atoms with Crippen LogP contribution in [0.15, 0.2) is 71.6 Å². The van der Waals surface area contributed by atoms with Crippen LogP contribution in [0.3, 0.4) is 0 Å². The van der Waals surface area contributed by atoms with Crippen LogP contribution in [0.5, 0.6) is 0 Å². The molecule has 3 aromatic rings. The van der Waals surface area contributed by atoms with E-state index in [0.29, 0.717) is 11.1 Å². The van der Waals surface area contributed by atoms with E-state index in [1.807, 2.05) is 0 Å². The summed E-state index contributed by atoms with van der Waals surface area (Å²) in [4.78, 5) is 12.7. The van der Waals surface area contributed by atoms with Crippen LogP contribution in [0.2, 0.25) is 10.0 Å². The predicted molar refractivity (Wildman–Crippen MR) is 122 cm³/mol. The van der Waals surface area contributed by atoms with Gasteiger partial charge in [0.2, 0.25) is 5.91 Å². The summed E-state index contributed by atoms with van der Waals surface area (Å²) in [6.07, 6.45) is -4.64. The Morgan fingerprint density at radius 2 is 1.58 bits per heavy atom. The lowest BCUT2D eigenvalue weighted by atomic mass is 10.2. The van der Waals surface area contributed by atoms with Gasteiger partial charge in [-0.3, -0.25) is 9.10 Å². The van der Waals surface area contributed by atoms with Crippen molar-refractivity contribution in [2.45, 2.75) is 18.0 Å². The molecular formula is C22H17Cl2F3N2O3S. The van der Waals surface area contributed by atoms with Crippen molar-refractivity contribution in [1.29, 1.82) is 0 Å². The first-order valence-electron chi connectivity index (χ1n) is 9.39. The second-order valence-electron chi connectivity index (χ2n) is 7.04. The number of nitrogens with one attached hydrogen (secondary N) is 1. The molecule has 0 bridgehead atoms. The molecule has 0 heterocycles. The highest BCUT2D eigenvalue weighted by molar-refractivity contribution is 7.92. The quantitative estimate of drug-likeness (QED) is 0.426. The van der Waals surface area contributed by atoms with E-state index in [2.05, 4.69) is 5.32 Å². The minimum absolute atomic E-state index is 0.0621. The lowest BCUT2D eigenvalue weighted by Crippen LogP contribution is -2.38. The molecule has 11 heteroatoms. The average molecular weight is 517 g/mol. The van der Waals surface area contributed by atoms with Gasteiger partial charge in [-0.2, -0.15) is 13.2 Å². The number of halogens is 5. The molecule has 3 aromatic carbocycles. The molecule has 0 aromatic heterocycles. The first kappa shape index (κ1) is 24.9. The Morgan fingerprint density at radius 1 is 0.970 bits per heavy atom. The Bertz CT molecular complexity index is 1260. The highest BCUT2D eigenvalue weighted by Crippen LogP contribution is 2.34. The van der Waals surface area contributed by atoms with E-state index in [1.165, 1.54) is 36.4 Å². The van der Waals surface area contributed by atoms with E-state index in [0.717, 1.165) is 22.0 Å². The molecule has 0 radical (unpaired) electrons. The SMILES string of the molecule is Cc1ccc(S(=O)(=O)N(CC(=O)Nc2cc(C(F)(F)F)ccc2Cl)c2ccc(Cl)cc2)cc1. The first-order chi connectivity index (χ1) is 15.4. The number of alkyl halides is 3. The van der Waals surface area contributed by atoms with Gasteiger partial charge in [-0.05, 0) is 61.5 Å². The number of nitrogens with zero attached hydrogens (tertiary/aromatic N) is 1. The number of carbonyl (C=O) groups is 1. The van der Waals surface area contributed by atoms with Crippen LogP contribution in [0.25, 0.3) is 0 Å². The van der Waals surface area contributed by atoms with Gasteiger partial charge in [-0.25, -0.2) is 8.42 Å². The summed E-state index contributed by atoms with van der Waals surface area (Å²) in [5, 5.41) is 2.49. The van der Waals surface area contributed by atoms with Crippen LogP contribution in [-0.2, 0) is 21.0 Å². The van der Waals surface area contributed by atoms with Crippen molar-refractivity contribution in [3.8, 4) is 0 Å². The van der Waals surface area contributed by atoms with Gasteiger partial charge in [0, 0.05) is 5.02 Å². The largest absolute Gasteiger partial charge is 0.416 e. The fourth-order valence-corrected chi connectivity index (χ4v) is 4.59. The third kappa shape index (κ3) is 5.98. The van der Waals surface area contributed by atoms with Crippen LogP contribution >= 0.6 is 23.2 Å². The maximum atomic E-state index is 13.3. The highest BCUT2D eigenvalue weighted by atomic mass is 35.5. The van der Waals surface area contributed by atoms with Gasteiger partial charge in [0.1, 0.15) is 6.54 Å². The fraction of sp³-hybridized carbons (Fsp3) is 0.136. The van der Waals surface area contributed by atoms with E-state index in [4.69, 9.17) is 23.2 Å². The Hall–Kier alpha value is -2.75. The molecule has 3 rings (SSSR count). The monoisotopic (exact) mass is 516 g/mol. The van der Waals surface area contributed by atoms with Crippen LogP contribution in [0.4, 0.5) is 24.5 Å². The number of carbonyl (C=O) groups excluding carboxylic acids is 1. The summed E-state index contributed by atoms with van der Waals surface area (Å²) >= 11 is 11.8. The third-order valence-corrected chi connectivity index (χ3v) is 6.95. The molecule has 0 aliphatic carbocycles. The average Bonchev–Trinajstić information content (AvgIpc) is 2.74. The Balaban J connectivity index is 1.95. The first-order valence-corrected chi connectivity index (χ1v) is 11.6. The standard InChI is InChI=1S/C22H17Cl2F3N2O3S/c1-14-2-9-18(10-3-14)33(31,32)29(17-7-5-16(23)6-8-17)13-21(30)28-20-12-15(22(25,26)27)4-11-19(20)24/h2-12H,13H2,1H3,(H,28,30). The number of hydrogen-bond acceptors (Lipinski definition) is 3. The molecule has 5 nitrogen and oxygen atoms in total. The molecule has 0 saturated carbocycles. The van der Waals surface area contributed by atoms with Crippen molar-refractivity contribution in [3.05, 3.63) is 87.9 Å². The smallest absolute Gasteiger partial charge is 0.323 e. The zero-order chi connectivity index (χ0) is 24.4. The van der Waals surface area contributed by atoms with Gasteiger partial charge in [0.25, 0.3) is 10.0 Å². The van der Waals surface area contributed by atoms with Crippen LogP contribution in [0.1, 0.15) is 11.1 Å². The summed E-state index contributed by atoms with van der Waals surface area (Å²) in [5.74, 6) is -0.887. The van der Waals surface area contributed by atoms with Crippen molar-refractivity contribution in [2.75, 3.05) is 16.2 Å². The molecule has 1 N–H and O–H groups in total. The lowest BCUT2D eigenvalue weighted by Gasteiger charge is -2.24. The van der Waals surface area contributed by atoms with Crippen molar-refractivity contribution in [2.24, 2.45) is 0 Å². The minimum Gasteiger partial charge on any atom is -0.323 e. The lowest BCUT2D eigenvalue weighted by molar-refractivity contribution is -0.137. The number of aryl methyl sites for hydroxylation is 1. The van der Waals surface area contributed by atoms with E-state index >= 15 is 0 Å². The van der Waals surface area contributed by atoms with E-state index < -0.39 is 34.2 Å². The van der Waals surface area contributed by atoms with Crippen molar-refractivity contribution in [1.82, 2.24) is 0 Å². The van der Waals surface area contributed by atoms with E-state index in [1.54, 1.807) is 19.1 Å². The molecule has 33 heavy (non-hydrogen) atoms. The minimum atomic E-state index is -4.64. The molecule has 0 spiro atoms. The third-order valence-electron chi connectivity index (χ3n) is 4.58. The molecular weight excluding hydrogens is 500 g/mol. The number of rotatable bonds is 6. The molecule has 0 atom stereocenters. The molecule has 0 aliphatic heterocycles. The summed E-state index contributed by atoms with van der Waals surface area (Å²) in [7, 11) is -4.20. The Labute approximate surface area is 198 Å². The molecule has 0 saturated heterocycles. The highest BCUT2D eigenvalue weighted by Gasteiger charge is 2.32. The van der Waals surface area contributed by atoms with Crippen molar-refractivity contribution in [3.63, 3.8) is 0 Å². The maximum Gasteiger partial charge on any atom is 0.416 e. The summed E-state index contributed by atoms with van der Waals surface area (Å²) in [6.45, 7) is 1.07. The van der Waals surface area contributed by atoms with Gasteiger partial charge in [0.15, 0.2) is 0 Å². The molecule has 174 valence electrons. The van der Waals surface area contributed by atoms with Gasteiger partial charge in [0.05, 0.1) is 26.9 Å². The van der Waals surface area contributed by atoms with Gasteiger partial charge in [-0.1, -0.05) is 40.9 Å². The van der Waals surface area contributed by atoms with Crippen LogP contribution < -0.4 is 9.62 Å². The molecule has 0 aliphatic rings. The van der Waals surface area contributed by atoms with Crippen molar-refractivity contribution < 1.29 is 26.4 Å². The Morgan fingerprint density at radius 3 is 2.15 bits per heavy atom. The summed E-state index contributed by atoms with van der Waals surface area (Å²) in [5.41, 5.74) is -0.321. The normalized spacial score (nSPS) is 11.8. The number of anilines is 2. The number of amides is 1. The zero-order valence-corrected chi connectivity index (χ0v) is 19.4. The van der Waals surface area contributed by atoms with E-state index in [-0.39, 0.29) is 21.3 Å². The predicted octanol–water partition coefficient (Wildman–Crippen LogP) is 6.15. The molecule has 0 unspecified atom stereocenters. The Kier molecular flexibility index (Phi) is 7.26. The van der Waals surface area contributed by atoms with Crippen LogP contribution in [-0.4, -0.2) is 20.9 Å². The summed E-state index contributed by atoms with van der Waals surface area (Å²) in [6, 6.07) is 14.2. The second-order valence-corrected chi connectivity index (χ2v) is 9.75. The zero-order valence-electron chi connectivity index (χ0n) is 17.0. The summed E-state index contributed by atoms with van der Waals surface area (Å²) < 4.78 is 66.5.